The Bertz CT molecular complexity index is 866. The third-order valence-electron chi connectivity index (χ3n) is 5.04. The summed E-state index contributed by atoms with van der Waals surface area (Å²) in [7, 11) is 0. The second-order valence-electron chi connectivity index (χ2n) is 7.27. The van der Waals surface area contributed by atoms with E-state index in [1.54, 1.807) is 18.6 Å². The second-order valence-corrected chi connectivity index (χ2v) is 8.17. The predicted molar refractivity (Wildman–Crippen MR) is 115 cm³/mol. The van der Waals surface area contributed by atoms with E-state index in [1.165, 1.54) is 56.3 Å². The van der Waals surface area contributed by atoms with E-state index < -0.39 is 0 Å². The van der Waals surface area contributed by atoms with Gasteiger partial charge in [0.1, 0.15) is 0 Å². The standard InChI is InChI=1S/C22H26N4O2S/c1-2-4-8-17(9-5-3-1)16-27-19-14-18(28-20-10-6-7-11-23-20)15-25-21(19)26-22-24-12-13-29-22/h6-7,10-15,17H,1-5,8-9,16H2,(H,24,25,26). The van der Waals surface area contributed by atoms with Gasteiger partial charge in [-0.3, -0.25) is 0 Å². The maximum Gasteiger partial charge on any atom is 0.219 e. The fraction of sp³-hybridized carbons (Fsp3) is 0.409. The SMILES string of the molecule is c1ccc(Oc2cnc(Nc3nccs3)c(OCC3CCCCCCC3)c2)nc1. The zero-order valence-electron chi connectivity index (χ0n) is 16.4. The zero-order chi connectivity index (χ0) is 19.7. The first-order valence-electron chi connectivity index (χ1n) is 10.2. The number of ether oxygens (including phenoxy) is 2. The van der Waals surface area contributed by atoms with Crippen molar-refractivity contribution in [2.24, 2.45) is 5.92 Å². The Hall–Kier alpha value is -2.67. The van der Waals surface area contributed by atoms with E-state index in [0.29, 0.717) is 35.7 Å². The molecule has 0 bridgehead atoms. The van der Waals surface area contributed by atoms with Gasteiger partial charge in [-0.15, -0.1) is 11.3 Å². The van der Waals surface area contributed by atoms with E-state index in [9.17, 15) is 0 Å². The predicted octanol–water partition coefficient (Wildman–Crippen LogP) is 6.21. The maximum atomic E-state index is 6.25. The quantitative estimate of drug-likeness (QED) is 0.499. The molecule has 0 aromatic carbocycles. The molecule has 0 saturated heterocycles. The summed E-state index contributed by atoms with van der Waals surface area (Å²) in [4.78, 5) is 13.0. The van der Waals surface area contributed by atoms with E-state index in [-0.39, 0.29) is 0 Å². The fourth-order valence-electron chi connectivity index (χ4n) is 3.52. The van der Waals surface area contributed by atoms with Crippen LogP contribution in [-0.2, 0) is 0 Å². The minimum absolute atomic E-state index is 0.529. The Morgan fingerprint density at radius 2 is 1.86 bits per heavy atom. The number of anilines is 2. The zero-order valence-corrected chi connectivity index (χ0v) is 17.2. The van der Waals surface area contributed by atoms with Crippen molar-refractivity contribution in [1.29, 1.82) is 0 Å². The minimum atomic E-state index is 0.529. The number of aromatic nitrogens is 3. The van der Waals surface area contributed by atoms with Crippen molar-refractivity contribution in [2.75, 3.05) is 11.9 Å². The first-order chi connectivity index (χ1) is 14.4. The largest absolute Gasteiger partial charge is 0.489 e. The number of rotatable bonds is 7. The summed E-state index contributed by atoms with van der Waals surface area (Å²) in [6.07, 6.45) is 14.2. The Kier molecular flexibility index (Phi) is 6.91. The molecule has 1 fully saturated rings. The highest BCUT2D eigenvalue weighted by Gasteiger charge is 2.15. The summed E-state index contributed by atoms with van der Waals surface area (Å²) >= 11 is 1.53. The lowest BCUT2D eigenvalue weighted by Crippen LogP contribution is -2.14. The average molecular weight is 411 g/mol. The van der Waals surface area contributed by atoms with Crippen molar-refractivity contribution >= 4 is 22.3 Å². The molecule has 4 rings (SSSR count). The number of pyridine rings is 2. The van der Waals surface area contributed by atoms with Crippen LogP contribution >= 0.6 is 11.3 Å². The Morgan fingerprint density at radius 3 is 2.62 bits per heavy atom. The molecule has 1 aliphatic carbocycles. The van der Waals surface area contributed by atoms with E-state index >= 15 is 0 Å². The van der Waals surface area contributed by atoms with Crippen LogP contribution in [0.3, 0.4) is 0 Å². The summed E-state index contributed by atoms with van der Waals surface area (Å²) in [6.45, 7) is 0.696. The van der Waals surface area contributed by atoms with Gasteiger partial charge in [0.2, 0.25) is 5.88 Å². The molecule has 1 aliphatic rings. The molecule has 1 N–H and O–H groups in total. The van der Waals surface area contributed by atoms with E-state index in [2.05, 4.69) is 20.3 Å². The highest BCUT2D eigenvalue weighted by molar-refractivity contribution is 7.13. The Balaban J connectivity index is 1.49. The van der Waals surface area contributed by atoms with Gasteiger partial charge in [0.15, 0.2) is 22.4 Å². The molecule has 29 heavy (non-hydrogen) atoms. The van der Waals surface area contributed by atoms with Crippen LogP contribution in [0.5, 0.6) is 17.4 Å². The fourth-order valence-corrected chi connectivity index (χ4v) is 4.04. The average Bonchev–Trinajstić information content (AvgIpc) is 3.23. The number of nitrogens with zero attached hydrogens (tertiary/aromatic N) is 3. The molecule has 7 heteroatoms. The maximum absolute atomic E-state index is 6.25. The minimum Gasteiger partial charge on any atom is -0.489 e. The number of hydrogen-bond donors (Lipinski definition) is 1. The molecule has 0 amide bonds. The molecule has 3 aromatic rings. The van der Waals surface area contributed by atoms with Gasteiger partial charge in [0, 0.05) is 29.9 Å². The molecule has 0 radical (unpaired) electrons. The molecular formula is C22H26N4O2S. The molecule has 3 aromatic heterocycles. The molecule has 0 unspecified atom stereocenters. The molecule has 1 saturated carbocycles. The van der Waals surface area contributed by atoms with Crippen molar-refractivity contribution in [3.05, 3.63) is 48.2 Å². The van der Waals surface area contributed by atoms with Crippen molar-refractivity contribution in [3.8, 4) is 17.4 Å². The van der Waals surface area contributed by atoms with Gasteiger partial charge in [0.25, 0.3) is 0 Å². The lowest BCUT2D eigenvalue weighted by molar-refractivity contribution is 0.218. The number of nitrogens with one attached hydrogen (secondary N) is 1. The van der Waals surface area contributed by atoms with Crippen LogP contribution in [0.1, 0.15) is 44.9 Å². The first-order valence-corrected chi connectivity index (χ1v) is 11.1. The normalized spacial score (nSPS) is 15.3. The third kappa shape index (κ3) is 5.90. The van der Waals surface area contributed by atoms with Crippen LogP contribution in [0.4, 0.5) is 10.9 Å². The lowest BCUT2D eigenvalue weighted by atomic mass is 9.92. The van der Waals surface area contributed by atoms with Crippen molar-refractivity contribution < 1.29 is 9.47 Å². The Morgan fingerprint density at radius 1 is 1.00 bits per heavy atom. The number of hydrogen-bond acceptors (Lipinski definition) is 7. The molecule has 0 spiro atoms. The van der Waals surface area contributed by atoms with Crippen molar-refractivity contribution in [1.82, 2.24) is 15.0 Å². The van der Waals surface area contributed by atoms with E-state index in [4.69, 9.17) is 9.47 Å². The van der Waals surface area contributed by atoms with Gasteiger partial charge in [-0.05, 0) is 24.8 Å². The summed E-state index contributed by atoms with van der Waals surface area (Å²) in [6, 6.07) is 7.44. The lowest BCUT2D eigenvalue weighted by Gasteiger charge is -2.21. The van der Waals surface area contributed by atoms with Crippen LogP contribution in [-0.4, -0.2) is 21.6 Å². The van der Waals surface area contributed by atoms with Gasteiger partial charge in [0.05, 0.1) is 12.8 Å². The summed E-state index contributed by atoms with van der Waals surface area (Å²) in [5.41, 5.74) is 0. The summed E-state index contributed by atoms with van der Waals surface area (Å²) < 4.78 is 12.1. The van der Waals surface area contributed by atoms with Gasteiger partial charge < -0.3 is 14.8 Å². The molecule has 152 valence electrons. The van der Waals surface area contributed by atoms with Crippen LogP contribution < -0.4 is 14.8 Å². The molecule has 0 atom stereocenters. The van der Waals surface area contributed by atoms with Gasteiger partial charge >= 0.3 is 0 Å². The topological polar surface area (TPSA) is 69.2 Å². The van der Waals surface area contributed by atoms with Crippen LogP contribution in [0.25, 0.3) is 0 Å². The van der Waals surface area contributed by atoms with Crippen LogP contribution in [0, 0.1) is 5.92 Å². The second kappa shape index (κ2) is 10.2. The Labute approximate surface area is 175 Å². The highest BCUT2D eigenvalue weighted by Crippen LogP contribution is 2.33. The smallest absolute Gasteiger partial charge is 0.219 e. The first kappa shape index (κ1) is 19.6. The molecular weight excluding hydrogens is 384 g/mol. The van der Waals surface area contributed by atoms with Gasteiger partial charge in [-0.1, -0.05) is 38.2 Å². The van der Waals surface area contributed by atoms with E-state index in [0.717, 1.165) is 5.13 Å². The van der Waals surface area contributed by atoms with E-state index in [1.807, 2.05) is 29.6 Å². The summed E-state index contributed by atoms with van der Waals surface area (Å²) in [5.74, 6) is 3.04. The van der Waals surface area contributed by atoms with Crippen molar-refractivity contribution in [3.63, 3.8) is 0 Å². The number of thiazole rings is 1. The van der Waals surface area contributed by atoms with Gasteiger partial charge in [-0.25, -0.2) is 15.0 Å². The molecule has 0 aliphatic heterocycles. The highest BCUT2D eigenvalue weighted by atomic mass is 32.1. The summed E-state index contributed by atoms with van der Waals surface area (Å²) in [5, 5.41) is 5.96. The van der Waals surface area contributed by atoms with Gasteiger partial charge in [-0.2, -0.15) is 0 Å². The van der Waals surface area contributed by atoms with Crippen LogP contribution in [0.2, 0.25) is 0 Å². The molecule has 6 nitrogen and oxygen atoms in total. The van der Waals surface area contributed by atoms with Crippen LogP contribution in [0.15, 0.2) is 48.2 Å². The molecule has 3 heterocycles. The monoisotopic (exact) mass is 410 g/mol. The third-order valence-corrected chi connectivity index (χ3v) is 5.73. The van der Waals surface area contributed by atoms with Crippen molar-refractivity contribution in [2.45, 2.75) is 44.9 Å².